The molecule has 6 heteroatoms. The minimum absolute atomic E-state index is 0.116. The van der Waals surface area contributed by atoms with Crippen LogP contribution < -0.4 is 0 Å². The summed E-state index contributed by atoms with van der Waals surface area (Å²) in [4.78, 5) is 25.3. The number of carboxylic acids is 1. The van der Waals surface area contributed by atoms with Crippen LogP contribution in [0.3, 0.4) is 0 Å². The molecular weight excluding hydrogens is 310 g/mol. The second kappa shape index (κ2) is 6.49. The fourth-order valence-corrected chi connectivity index (χ4v) is 2.94. The molecule has 0 saturated carbocycles. The number of aryl methyl sites for hydroxylation is 1. The number of ether oxygens (including phenoxy) is 1. The number of aromatic carboxylic acids is 1. The molecule has 2 aromatic rings. The molecule has 2 heterocycles. The molecular formula is C18H19NO5. The van der Waals surface area contributed by atoms with Crippen LogP contribution in [0.1, 0.15) is 39.1 Å². The van der Waals surface area contributed by atoms with Gasteiger partial charge in [-0.15, -0.1) is 0 Å². The van der Waals surface area contributed by atoms with Gasteiger partial charge in [-0.25, -0.2) is 4.79 Å². The van der Waals surface area contributed by atoms with Crippen LogP contribution in [-0.2, 0) is 22.5 Å². The minimum Gasteiger partial charge on any atom is -0.478 e. The van der Waals surface area contributed by atoms with E-state index in [1.165, 1.54) is 11.0 Å². The number of hydrogen-bond donors (Lipinski definition) is 1. The maximum Gasteiger partial charge on any atom is 0.339 e. The zero-order valence-electron chi connectivity index (χ0n) is 13.6. The normalized spacial score (nSPS) is 16.5. The molecule has 1 amide bonds. The van der Waals surface area contributed by atoms with E-state index in [1.807, 2.05) is 24.3 Å². The number of carbonyl (C=O) groups is 2. The largest absolute Gasteiger partial charge is 0.478 e. The number of hydrogen-bond acceptors (Lipinski definition) is 4. The maximum atomic E-state index is 12.7. The Labute approximate surface area is 139 Å². The SMILES string of the molecule is Cc1oc(CN(C)C(=O)C2OCCc3ccccc32)cc1C(=O)O. The third kappa shape index (κ3) is 3.05. The number of likely N-dealkylation sites (N-methyl/N-ethyl adjacent to an activating group) is 1. The van der Waals surface area contributed by atoms with Crippen LogP contribution >= 0.6 is 0 Å². The van der Waals surface area contributed by atoms with Gasteiger partial charge in [0.25, 0.3) is 5.91 Å². The summed E-state index contributed by atoms with van der Waals surface area (Å²) in [6.07, 6.45) is 0.165. The van der Waals surface area contributed by atoms with Gasteiger partial charge in [-0.1, -0.05) is 24.3 Å². The van der Waals surface area contributed by atoms with Crippen molar-refractivity contribution in [3.63, 3.8) is 0 Å². The first-order chi connectivity index (χ1) is 11.5. The zero-order chi connectivity index (χ0) is 17.3. The number of amides is 1. The van der Waals surface area contributed by atoms with Crippen LogP contribution in [-0.4, -0.2) is 35.5 Å². The molecule has 0 spiro atoms. The third-order valence-corrected chi connectivity index (χ3v) is 4.19. The maximum absolute atomic E-state index is 12.7. The molecule has 1 atom stereocenters. The molecule has 0 bridgehead atoms. The number of benzene rings is 1. The second-order valence-corrected chi connectivity index (χ2v) is 5.88. The Morgan fingerprint density at radius 2 is 2.08 bits per heavy atom. The van der Waals surface area contributed by atoms with Gasteiger partial charge in [-0.3, -0.25) is 4.79 Å². The first-order valence-corrected chi connectivity index (χ1v) is 7.74. The Hall–Kier alpha value is -2.60. The molecule has 1 N–H and O–H groups in total. The number of nitrogens with zero attached hydrogens (tertiary/aromatic N) is 1. The number of fused-ring (bicyclic) bond motifs is 1. The van der Waals surface area contributed by atoms with Gasteiger partial charge in [0.1, 0.15) is 17.1 Å². The molecule has 3 rings (SSSR count). The van der Waals surface area contributed by atoms with Crippen LogP contribution in [0.15, 0.2) is 34.7 Å². The molecule has 6 nitrogen and oxygen atoms in total. The van der Waals surface area contributed by atoms with E-state index in [0.29, 0.717) is 18.1 Å². The second-order valence-electron chi connectivity index (χ2n) is 5.88. The summed E-state index contributed by atoms with van der Waals surface area (Å²) in [5, 5.41) is 9.07. The number of furan rings is 1. The first kappa shape index (κ1) is 16.3. The fraction of sp³-hybridized carbons (Fsp3) is 0.333. The highest BCUT2D eigenvalue weighted by atomic mass is 16.5. The molecule has 1 aromatic heterocycles. The van der Waals surface area contributed by atoms with E-state index in [-0.39, 0.29) is 18.0 Å². The Balaban J connectivity index is 1.76. The summed E-state index contributed by atoms with van der Waals surface area (Å²) in [6, 6.07) is 9.21. The summed E-state index contributed by atoms with van der Waals surface area (Å²) >= 11 is 0. The van der Waals surface area contributed by atoms with Crippen LogP contribution in [0, 0.1) is 6.92 Å². The van der Waals surface area contributed by atoms with Crippen molar-refractivity contribution in [1.29, 1.82) is 0 Å². The summed E-state index contributed by atoms with van der Waals surface area (Å²) < 4.78 is 11.1. The van der Waals surface area contributed by atoms with E-state index >= 15 is 0 Å². The average molecular weight is 329 g/mol. The van der Waals surface area contributed by atoms with Gasteiger partial charge < -0.3 is 19.2 Å². The smallest absolute Gasteiger partial charge is 0.339 e. The van der Waals surface area contributed by atoms with E-state index in [2.05, 4.69) is 0 Å². The number of carbonyl (C=O) groups excluding carboxylic acids is 1. The van der Waals surface area contributed by atoms with Crippen molar-refractivity contribution >= 4 is 11.9 Å². The van der Waals surface area contributed by atoms with Crippen molar-refractivity contribution in [2.75, 3.05) is 13.7 Å². The van der Waals surface area contributed by atoms with Gasteiger partial charge >= 0.3 is 5.97 Å². The standard InChI is InChI=1S/C18H19NO5/c1-11-15(18(21)22)9-13(24-11)10-19(2)17(20)16-14-6-4-3-5-12(14)7-8-23-16/h3-6,9,16H,7-8,10H2,1-2H3,(H,21,22). The zero-order valence-corrected chi connectivity index (χ0v) is 13.6. The molecule has 0 aliphatic carbocycles. The lowest BCUT2D eigenvalue weighted by Crippen LogP contribution is -2.35. The monoisotopic (exact) mass is 329 g/mol. The van der Waals surface area contributed by atoms with Crippen molar-refractivity contribution in [3.05, 3.63) is 58.5 Å². The minimum atomic E-state index is -1.04. The highest BCUT2D eigenvalue weighted by Crippen LogP contribution is 2.29. The summed E-state index contributed by atoms with van der Waals surface area (Å²) in [7, 11) is 1.65. The van der Waals surface area contributed by atoms with E-state index in [0.717, 1.165) is 17.5 Å². The highest BCUT2D eigenvalue weighted by molar-refractivity contribution is 5.89. The van der Waals surface area contributed by atoms with E-state index in [4.69, 9.17) is 14.3 Å². The summed E-state index contributed by atoms with van der Waals surface area (Å²) in [5.74, 6) is -0.448. The van der Waals surface area contributed by atoms with Crippen LogP contribution in [0.5, 0.6) is 0 Å². The van der Waals surface area contributed by atoms with Crippen LogP contribution in [0.4, 0.5) is 0 Å². The lowest BCUT2D eigenvalue weighted by Gasteiger charge is -2.28. The lowest BCUT2D eigenvalue weighted by atomic mass is 9.97. The van der Waals surface area contributed by atoms with Crippen LogP contribution in [0.2, 0.25) is 0 Å². The molecule has 0 saturated heterocycles. The van der Waals surface area contributed by atoms with Crippen LogP contribution in [0.25, 0.3) is 0 Å². The van der Waals surface area contributed by atoms with Gasteiger partial charge in [0.15, 0.2) is 6.10 Å². The highest BCUT2D eigenvalue weighted by Gasteiger charge is 2.30. The Bertz CT molecular complexity index is 779. The van der Waals surface area contributed by atoms with Gasteiger partial charge in [-0.2, -0.15) is 0 Å². The van der Waals surface area contributed by atoms with Crippen molar-refractivity contribution in [3.8, 4) is 0 Å². The molecule has 1 aromatic carbocycles. The topological polar surface area (TPSA) is 80.0 Å². The Kier molecular flexibility index (Phi) is 4.40. The van der Waals surface area contributed by atoms with Crippen molar-refractivity contribution in [2.24, 2.45) is 0 Å². The van der Waals surface area contributed by atoms with Crippen molar-refractivity contribution < 1.29 is 23.8 Å². The predicted octanol–water partition coefficient (Wildman–Crippen LogP) is 2.56. The summed E-state index contributed by atoms with van der Waals surface area (Å²) in [6.45, 7) is 2.29. The Morgan fingerprint density at radius 1 is 1.33 bits per heavy atom. The van der Waals surface area contributed by atoms with Gasteiger partial charge in [0.2, 0.25) is 0 Å². The molecule has 1 aliphatic rings. The average Bonchev–Trinajstić information content (AvgIpc) is 2.94. The molecule has 24 heavy (non-hydrogen) atoms. The van der Waals surface area contributed by atoms with Crippen molar-refractivity contribution in [1.82, 2.24) is 4.90 Å². The molecule has 0 radical (unpaired) electrons. The third-order valence-electron chi connectivity index (χ3n) is 4.19. The number of carboxylic acid groups (broad SMARTS) is 1. The van der Waals surface area contributed by atoms with E-state index in [9.17, 15) is 9.59 Å². The number of rotatable bonds is 4. The molecule has 1 unspecified atom stereocenters. The van der Waals surface area contributed by atoms with Gasteiger partial charge in [-0.05, 0) is 30.5 Å². The Morgan fingerprint density at radius 3 is 2.79 bits per heavy atom. The molecule has 0 fully saturated rings. The molecule has 126 valence electrons. The summed E-state index contributed by atoms with van der Waals surface area (Å²) in [5.41, 5.74) is 2.13. The molecule has 1 aliphatic heterocycles. The quantitative estimate of drug-likeness (QED) is 0.932. The van der Waals surface area contributed by atoms with Gasteiger partial charge in [0, 0.05) is 7.05 Å². The van der Waals surface area contributed by atoms with E-state index in [1.54, 1.807) is 14.0 Å². The first-order valence-electron chi connectivity index (χ1n) is 7.74. The van der Waals surface area contributed by atoms with E-state index < -0.39 is 12.1 Å². The lowest BCUT2D eigenvalue weighted by molar-refractivity contribution is -0.144. The van der Waals surface area contributed by atoms with Crippen molar-refractivity contribution in [2.45, 2.75) is 26.0 Å². The van der Waals surface area contributed by atoms with Gasteiger partial charge in [0.05, 0.1) is 13.2 Å². The predicted molar refractivity (Wildman–Crippen MR) is 85.7 cm³/mol. The fourth-order valence-electron chi connectivity index (χ4n) is 2.94.